The minimum absolute atomic E-state index is 0.230. The summed E-state index contributed by atoms with van der Waals surface area (Å²) >= 11 is 0. The van der Waals surface area contributed by atoms with E-state index in [4.69, 9.17) is 5.11 Å². The van der Waals surface area contributed by atoms with Gasteiger partial charge in [-0.1, -0.05) is 0 Å². The molecule has 98 valence electrons. The molecule has 17 heavy (non-hydrogen) atoms. The number of hydrogen-bond acceptors (Lipinski definition) is 4. The third kappa shape index (κ3) is 3.98. The van der Waals surface area contributed by atoms with Gasteiger partial charge in [0, 0.05) is 13.0 Å². The molecule has 0 radical (unpaired) electrons. The fraction of sp³-hybridized carbons (Fsp3) is 0.818. The summed E-state index contributed by atoms with van der Waals surface area (Å²) in [6, 6.07) is -0.479. The van der Waals surface area contributed by atoms with E-state index in [1.807, 2.05) is 0 Å². The van der Waals surface area contributed by atoms with E-state index >= 15 is 0 Å². The molecule has 4 N–H and O–H groups in total. The van der Waals surface area contributed by atoms with E-state index in [0.717, 1.165) is 0 Å². The molecule has 0 aliphatic heterocycles. The van der Waals surface area contributed by atoms with Gasteiger partial charge in [0.1, 0.15) is 0 Å². The molecule has 0 heterocycles. The van der Waals surface area contributed by atoms with Gasteiger partial charge in [-0.25, -0.2) is 0 Å². The SMILES string of the molecule is CC(=O)NC1CCC(O)C(O)CCC1C(=O)O. The molecule has 0 aromatic carbocycles. The lowest BCUT2D eigenvalue weighted by molar-refractivity contribution is -0.144. The van der Waals surface area contributed by atoms with E-state index in [2.05, 4.69) is 5.32 Å². The van der Waals surface area contributed by atoms with Gasteiger partial charge in [-0.2, -0.15) is 0 Å². The normalized spacial score (nSPS) is 34.5. The van der Waals surface area contributed by atoms with Gasteiger partial charge in [-0.05, 0) is 25.7 Å². The number of aliphatic carboxylic acids is 1. The van der Waals surface area contributed by atoms with Crippen molar-refractivity contribution in [1.29, 1.82) is 0 Å². The van der Waals surface area contributed by atoms with Crippen molar-refractivity contribution in [3.63, 3.8) is 0 Å². The molecule has 0 saturated heterocycles. The second kappa shape index (κ2) is 5.97. The Kier molecular flexibility index (Phi) is 4.89. The average molecular weight is 245 g/mol. The molecule has 1 aliphatic carbocycles. The number of aliphatic hydroxyl groups excluding tert-OH is 2. The number of aliphatic hydroxyl groups is 2. The number of carboxylic acids is 1. The second-order valence-electron chi connectivity index (χ2n) is 4.54. The van der Waals surface area contributed by atoms with Crippen molar-refractivity contribution >= 4 is 11.9 Å². The lowest BCUT2D eigenvalue weighted by atomic mass is 9.84. The highest BCUT2D eigenvalue weighted by atomic mass is 16.4. The zero-order chi connectivity index (χ0) is 13.0. The van der Waals surface area contributed by atoms with Gasteiger partial charge >= 0.3 is 5.97 Å². The summed E-state index contributed by atoms with van der Waals surface area (Å²) in [6.45, 7) is 1.34. The van der Waals surface area contributed by atoms with Crippen LogP contribution in [-0.4, -0.2) is 45.4 Å². The Balaban J connectivity index is 2.74. The Morgan fingerprint density at radius 2 is 1.59 bits per heavy atom. The fourth-order valence-corrected chi connectivity index (χ4v) is 2.22. The molecule has 1 amide bonds. The molecule has 1 saturated carbocycles. The van der Waals surface area contributed by atoms with E-state index in [0.29, 0.717) is 6.42 Å². The summed E-state index contributed by atoms with van der Waals surface area (Å²) in [7, 11) is 0. The topological polar surface area (TPSA) is 107 Å². The van der Waals surface area contributed by atoms with Crippen LogP contribution in [0.15, 0.2) is 0 Å². The highest BCUT2D eigenvalue weighted by Gasteiger charge is 2.33. The molecular formula is C11H19NO5. The minimum Gasteiger partial charge on any atom is -0.481 e. The highest BCUT2D eigenvalue weighted by molar-refractivity contribution is 5.76. The number of carbonyl (C=O) groups excluding carboxylic acids is 1. The molecule has 1 aliphatic rings. The van der Waals surface area contributed by atoms with Gasteiger partial charge < -0.3 is 20.6 Å². The van der Waals surface area contributed by atoms with Gasteiger partial charge in [-0.15, -0.1) is 0 Å². The van der Waals surface area contributed by atoms with Crippen molar-refractivity contribution in [3.8, 4) is 0 Å². The van der Waals surface area contributed by atoms with Crippen LogP contribution in [0.1, 0.15) is 32.6 Å². The van der Waals surface area contributed by atoms with E-state index in [9.17, 15) is 19.8 Å². The van der Waals surface area contributed by atoms with Crippen molar-refractivity contribution < 1.29 is 24.9 Å². The predicted molar refractivity (Wildman–Crippen MR) is 59.2 cm³/mol. The zero-order valence-electron chi connectivity index (χ0n) is 9.80. The molecule has 0 bridgehead atoms. The molecule has 4 atom stereocenters. The largest absolute Gasteiger partial charge is 0.481 e. The second-order valence-corrected chi connectivity index (χ2v) is 4.54. The van der Waals surface area contributed by atoms with Gasteiger partial charge in [0.15, 0.2) is 0 Å². The molecule has 0 spiro atoms. The van der Waals surface area contributed by atoms with Crippen molar-refractivity contribution in [2.24, 2.45) is 5.92 Å². The summed E-state index contributed by atoms with van der Waals surface area (Å²) in [4.78, 5) is 22.1. The molecule has 6 heteroatoms. The van der Waals surface area contributed by atoms with Crippen molar-refractivity contribution in [3.05, 3.63) is 0 Å². The molecule has 1 fully saturated rings. The smallest absolute Gasteiger partial charge is 0.308 e. The van der Waals surface area contributed by atoms with Crippen molar-refractivity contribution in [1.82, 2.24) is 5.32 Å². The third-order valence-corrected chi connectivity index (χ3v) is 3.18. The molecule has 0 aromatic rings. The number of amides is 1. The molecule has 1 rings (SSSR count). The standard InChI is InChI=1S/C11H19NO5/c1-6(13)12-8-3-5-10(15)9(14)4-2-7(8)11(16)17/h7-10,14-15H,2-5H2,1H3,(H,12,13)(H,16,17). The first-order valence-corrected chi connectivity index (χ1v) is 5.78. The lowest BCUT2D eigenvalue weighted by Gasteiger charge is -2.30. The van der Waals surface area contributed by atoms with E-state index in [1.54, 1.807) is 0 Å². The summed E-state index contributed by atoms with van der Waals surface area (Å²) in [6.07, 6.45) is -0.603. The maximum absolute atomic E-state index is 11.1. The minimum atomic E-state index is -0.979. The van der Waals surface area contributed by atoms with Crippen LogP contribution in [0.3, 0.4) is 0 Å². The van der Waals surface area contributed by atoms with Gasteiger partial charge in [-0.3, -0.25) is 9.59 Å². The fourth-order valence-electron chi connectivity index (χ4n) is 2.22. The van der Waals surface area contributed by atoms with Gasteiger partial charge in [0.25, 0.3) is 0 Å². The Labute approximate surface area is 99.6 Å². The lowest BCUT2D eigenvalue weighted by Crippen LogP contribution is -2.45. The van der Waals surface area contributed by atoms with E-state index in [-0.39, 0.29) is 25.2 Å². The van der Waals surface area contributed by atoms with Crippen molar-refractivity contribution in [2.45, 2.75) is 50.9 Å². The van der Waals surface area contributed by atoms with E-state index in [1.165, 1.54) is 6.92 Å². The Morgan fingerprint density at radius 3 is 2.06 bits per heavy atom. The van der Waals surface area contributed by atoms with Crippen LogP contribution in [0, 0.1) is 5.92 Å². The summed E-state index contributed by atoms with van der Waals surface area (Å²) in [5, 5.41) is 30.8. The number of nitrogens with one attached hydrogen (secondary N) is 1. The average Bonchev–Trinajstić information content (AvgIpc) is 2.22. The van der Waals surface area contributed by atoms with E-state index < -0.39 is 30.1 Å². The van der Waals surface area contributed by atoms with Crippen LogP contribution in [0.25, 0.3) is 0 Å². The monoisotopic (exact) mass is 245 g/mol. The first kappa shape index (κ1) is 13.9. The maximum Gasteiger partial charge on any atom is 0.308 e. The van der Waals surface area contributed by atoms with Crippen molar-refractivity contribution in [2.75, 3.05) is 0 Å². The summed E-state index contributed by atoms with van der Waals surface area (Å²) in [5.41, 5.74) is 0. The Morgan fingerprint density at radius 1 is 1.06 bits per heavy atom. The quantitative estimate of drug-likeness (QED) is 0.524. The predicted octanol–water partition coefficient (Wildman–Crippen LogP) is -0.512. The number of carbonyl (C=O) groups is 2. The van der Waals surface area contributed by atoms with Crippen LogP contribution in [0.4, 0.5) is 0 Å². The number of carboxylic acid groups (broad SMARTS) is 1. The van der Waals surface area contributed by atoms with Crippen LogP contribution in [-0.2, 0) is 9.59 Å². The molecule has 6 nitrogen and oxygen atoms in total. The first-order chi connectivity index (χ1) is 7.91. The molecular weight excluding hydrogens is 226 g/mol. The molecule has 4 unspecified atom stereocenters. The summed E-state index contributed by atoms with van der Waals surface area (Å²) < 4.78 is 0. The van der Waals surface area contributed by atoms with Crippen LogP contribution in [0.2, 0.25) is 0 Å². The van der Waals surface area contributed by atoms with Crippen LogP contribution in [0.5, 0.6) is 0 Å². The van der Waals surface area contributed by atoms with Crippen LogP contribution >= 0.6 is 0 Å². The van der Waals surface area contributed by atoms with Gasteiger partial charge in [0.2, 0.25) is 5.91 Å². The Hall–Kier alpha value is -1.14. The maximum atomic E-state index is 11.1. The first-order valence-electron chi connectivity index (χ1n) is 5.78. The van der Waals surface area contributed by atoms with Crippen LogP contribution < -0.4 is 5.32 Å². The highest BCUT2D eigenvalue weighted by Crippen LogP contribution is 2.24. The van der Waals surface area contributed by atoms with Gasteiger partial charge in [0.05, 0.1) is 18.1 Å². The Bertz CT molecular complexity index is 294. The molecule has 0 aromatic heterocycles. The number of rotatable bonds is 2. The number of hydrogen-bond donors (Lipinski definition) is 4. The third-order valence-electron chi connectivity index (χ3n) is 3.18. The zero-order valence-corrected chi connectivity index (χ0v) is 9.80. The summed E-state index contributed by atoms with van der Waals surface area (Å²) in [5.74, 6) is -1.97.